The van der Waals surface area contributed by atoms with Gasteiger partial charge in [0.05, 0.1) is 26.7 Å². The predicted molar refractivity (Wildman–Crippen MR) is 153 cm³/mol. The van der Waals surface area contributed by atoms with Gasteiger partial charge in [-0.25, -0.2) is 4.39 Å². The summed E-state index contributed by atoms with van der Waals surface area (Å²) >= 11 is 0. The van der Waals surface area contributed by atoms with E-state index in [1.54, 1.807) is 6.07 Å². The lowest BCUT2D eigenvalue weighted by atomic mass is 9.90. The van der Waals surface area contributed by atoms with E-state index in [0.717, 1.165) is 71.6 Å². The largest absolute Gasteiger partial charge is 0.493 e. The van der Waals surface area contributed by atoms with Crippen molar-refractivity contribution in [2.75, 3.05) is 33.5 Å². The zero-order chi connectivity index (χ0) is 28.5. The molecule has 0 radical (unpaired) electrons. The highest BCUT2D eigenvalue weighted by atomic mass is 19.1. The highest BCUT2D eigenvalue weighted by Crippen LogP contribution is 2.45. The Bertz CT molecular complexity index is 1420. The molecule has 0 amide bonds. The number of ether oxygens (including phenoxy) is 5. The minimum absolute atomic E-state index is 0.0381. The van der Waals surface area contributed by atoms with Crippen molar-refractivity contribution in [1.29, 1.82) is 0 Å². The van der Waals surface area contributed by atoms with Gasteiger partial charge < -0.3 is 23.7 Å². The van der Waals surface area contributed by atoms with Gasteiger partial charge in [-0.3, -0.25) is 4.79 Å². The first-order valence-electron chi connectivity index (χ1n) is 14.5. The van der Waals surface area contributed by atoms with Crippen LogP contribution in [0, 0.1) is 25.6 Å². The average molecular weight is 561 g/mol. The van der Waals surface area contributed by atoms with E-state index in [-0.39, 0.29) is 24.1 Å². The number of rotatable bonds is 8. The van der Waals surface area contributed by atoms with Crippen molar-refractivity contribution in [3.05, 3.63) is 76.1 Å². The number of hydrogen-bond donors (Lipinski definition) is 0. The summed E-state index contributed by atoms with van der Waals surface area (Å²) in [4.78, 5) is 11.8. The number of benzene rings is 3. The smallest absolute Gasteiger partial charge is 0.306 e. The fourth-order valence-corrected chi connectivity index (χ4v) is 6.53. The summed E-state index contributed by atoms with van der Waals surface area (Å²) in [7, 11) is 1.39. The molecule has 1 fully saturated rings. The van der Waals surface area contributed by atoms with Gasteiger partial charge in [0.2, 0.25) is 0 Å². The highest BCUT2D eigenvalue weighted by molar-refractivity contribution is 5.76. The second-order valence-electron chi connectivity index (χ2n) is 11.4. The first-order valence-corrected chi connectivity index (χ1v) is 14.5. The molecule has 0 aromatic heterocycles. The molecule has 2 aliphatic heterocycles. The Morgan fingerprint density at radius 3 is 2.54 bits per heavy atom. The molecule has 41 heavy (non-hydrogen) atoms. The number of carbonyl (C=O) groups is 1. The highest BCUT2D eigenvalue weighted by Gasteiger charge is 2.32. The van der Waals surface area contributed by atoms with Gasteiger partial charge >= 0.3 is 5.97 Å². The molecule has 3 aliphatic rings. The van der Waals surface area contributed by atoms with E-state index in [0.29, 0.717) is 42.6 Å². The Labute approximate surface area is 240 Å². The molecule has 1 saturated heterocycles. The lowest BCUT2D eigenvalue weighted by molar-refractivity contribution is -0.141. The maximum absolute atomic E-state index is 15.3. The van der Waals surface area contributed by atoms with Crippen LogP contribution >= 0.6 is 0 Å². The first-order chi connectivity index (χ1) is 19.9. The van der Waals surface area contributed by atoms with E-state index in [1.807, 2.05) is 24.3 Å². The number of fused-ring (bicyclic) bond motifs is 2. The van der Waals surface area contributed by atoms with Gasteiger partial charge in [0.1, 0.15) is 29.2 Å². The zero-order valence-electron chi connectivity index (χ0n) is 24.0. The van der Waals surface area contributed by atoms with Gasteiger partial charge in [0.25, 0.3) is 0 Å². The number of esters is 1. The van der Waals surface area contributed by atoms with E-state index < -0.39 is 6.10 Å². The lowest BCUT2D eigenvalue weighted by Gasteiger charge is -2.23. The number of methoxy groups -OCH3 is 1. The van der Waals surface area contributed by atoms with E-state index in [4.69, 9.17) is 23.7 Å². The van der Waals surface area contributed by atoms with Crippen LogP contribution in [0.3, 0.4) is 0 Å². The van der Waals surface area contributed by atoms with Crippen LogP contribution < -0.4 is 14.2 Å². The maximum Gasteiger partial charge on any atom is 0.306 e. The Hall–Kier alpha value is -3.58. The van der Waals surface area contributed by atoms with Gasteiger partial charge in [-0.1, -0.05) is 12.1 Å². The van der Waals surface area contributed by atoms with Gasteiger partial charge in [0.15, 0.2) is 0 Å². The lowest BCUT2D eigenvalue weighted by Crippen LogP contribution is -2.21. The average Bonchev–Trinajstić information content (AvgIpc) is 3.58. The Kier molecular flexibility index (Phi) is 7.89. The second-order valence-corrected chi connectivity index (χ2v) is 11.4. The van der Waals surface area contributed by atoms with Crippen molar-refractivity contribution in [2.45, 2.75) is 58.0 Å². The molecule has 7 heteroatoms. The van der Waals surface area contributed by atoms with Crippen LogP contribution in [0.2, 0.25) is 0 Å². The normalized spacial score (nSPS) is 19.8. The monoisotopic (exact) mass is 560 g/mol. The van der Waals surface area contributed by atoms with E-state index in [9.17, 15) is 4.79 Å². The maximum atomic E-state index is 15.3. The molecule has 0 saturated carbocycles. The summed E-state index contributed by atoms with van der Waals surface area (Å²) in [5, 5.41) is 0. The molecular formula is C34H37FO6. The van der Waals surface area contributed by atoms with Crippen molar-refractivity contribution in [1.82, 2.24) is 0 Å². The van der Waals surface area contributed by atoms with Crippen molar-refractivity contribution >= 4 is 5.97 Å². The fourth-order valence-electron chi connectivity index (χ4n) is 6.53. The minimum atomic E-state index is -0.391. The third kappa shape index (κ3) is 5.65. The Morgan fingerprint density at radius 2 is 1.78 bits per heavy atom. The fraction of sp³-hybridized carbons (Fsp3) is 0.441. The SMILES string of the molecule is COC(=O)C[C@@H]1COc2cc(O[C@@H]3CCc4c(-c5c(C)cc(OCC6CCOCC6)cc5C)ccc(F)c43)ccc21. The predicted octanol–water partition coefficient (Wildman–Crippen LogP) is 7.02. The molecule has 0 unspecified atom stereocenters. The van der Waals surface area contributed by atoms with Crippen LogP contribution in [-0.2, 0) is 20.7 Å². The Balaban J connectivity index is 1.21. The van der Waals surface area contributed by atoms with E-state index >= 15 is 4.39 Å². The number of halogens is 1. The molecule has 0 spiro atoms. The molecule has 216 valence electrons. The van der Waals surface area contributed by atoms with Crippen LogP contribution in [0.25, 0.3) is 11.1 Å². The van der Waals surface area contributed by atoms with Gasteiger partial charge in [-0.2, -0.15) is 0 Å². The van der Waals surface area contributed by atoms with Crippen molar-refractivity contribution in [2.24, 2.45) is 5.92 Å². The number of carbonyl (C=O) groups excluding carboxylic acids is 1. The van der Waals surface area contributed by atoms with Crippen molar-refractivity contribution in [3.8, 4) is 28.4 Å². The molecule has 3 aromatic rings. The van der Waals surface area contributed by atoms with Gasteiger partial charge in [-0.15, -0.1) is 0 Å². The summed E-state index contributed by atoms with van der Waals surface area (Å²) in [5.74, 6) is 2.20. The van der Waals surface area contributed by atoms with E-state index in [2.05, 4.69) is 26.0 Å². The zero-order valence-corrected chi connectivity index (χ0v) is 24.0. The standard InChI is InChI=1S/C34H37FO6/c1-20-14-25(39-18-22-10-12-38-13-11-22)15-21(2)33(20)27-6-8-29(35)34-28(27)7-9-30(34)41-24-4-5-26-23(16-32(36)37-3)19-40-31(26)17-24/h4-6,8,14-15,17,22-23,30H,7,9-13,16,18-19H2,1-3H3/t23-,30-/m1/s1. The van der Waals surface area contributed by atoms with Crippen LogP contribution in [0.1, 0.15) is 65.5 Å². The Morgan fingerprint density at radius 1 is 1.00 bits per heavy atom. The third-order valence-electron chi connectivity index (χ3n) is 8.67. The number of aryl methyl sites for hydroxylation is 2. The van der Waals surface area contributed by atoms with Crippen molar-refractivity contribution < 1.29 is 32.9 Å². The van der Waals surface area contributed by atoms with Crippen molar-refractivity contribution in [3.63, 3.8) is 0 Å². The summed E-state index contributed by atoms with van der Waals surface area (Å²) < 4.78 is 44.0. The second kappa shape index (κ2) is 11.7. The summed E-state index contributed by atoms with van der Waals surface area (Å²) in [6, 6.07) is 13.3. The molecule has 0 N–H and O–H groups in total. The minimum Gasteiger partial charge on any atom is -0.493 e. The summed E-state index contributed by atoms with van der Waals surface area (Å²) in [6.45, 7) is 6.94. The molecule has 6 rings (SSSR count). The summed E-state index contributed by atoms with van der Waals surface area (Å²) in [6.07, 6.45) is 3.38. The topological polar surface area (TPSA) is 63.2 Å². The quantitative estimate of drug-likeness (QED) is 0.276. The first kappa shape index (κ1) is 27.6. The molecule has 1 aliphatic carbocycles. The van der Waals surface area contributed by atoms with E-state index in [1.165, 1.54) is 7.11 Å². The molecular weight excluding hydrogens is 523 g/mol. The molecule has 2 atom stereocenters. The third-order valence-corrected chi connectivity index (χ3v) is 8.67. The summed E-state index contributed by atoms with van der Waals surface area (Å²) in [5.41, 5.74) is 7.02. The van der Waals surface area contributed by atoms with Crippen LogP contribution in [0.4, 0.5) is 4.39 Å². The van der Waals surface area contributed by atoms with Gasteiger partial charge in [-0.05, 0) is 97.5 Å². The molecule has 0 bridgehead atoms. The number of hydrogen-bond acceptors (Lipinski definition) is 6. The van der Waals surface area contributed by atoms with Crippen LogP contribution in [-0.4, -0.2) is 39.5 Å². The van der Waals surface area contributed by atoms with Gasteiger partial charge in [0, 0.05) is 36.3 Å². The van der Waals surface area contributed by atoms with Crippen LogP contribution in [0.5, 0.6) is 17.2 Å². The molecule has 2 heterocycles. The molecule has 3 aromatic carbocycles. The van der Waals surface area contributed by atoms with Crippen LogP contribution in [0.15, 0.2) is 42.5 Å². The molecule has 6 nitrogen and oxygen atoms in total.